The third-order valence-corrected chi connectivity index (χ3v) is 3.41. The SMILES string of the molecule is Cc1cccc(NC(=O)NNC(=O)CN2CCCCC2)c1. The van der Waals surface area contributed by atoms with Gasteiger partial charge in [-0.15, -0.1) is 0 Å². The number of nitrogens with one attached hydrogen (secondary N) is 3. The second-order valence-corrected chi connectivity index (χ2v) is 5.33. The van der Waals surface area contributed by atoms with Crippen molar-refractivity contribution in [2.24, 2.45) is 0 Å². The van der Waals surface area contributed by atoms with Gasteiger partial charge in [0.1, 0.15) is 0 Å². The summed E-state index contributed by atoms with van der Waals surface area (Å²) in [5.41, 5.74) is 6.54. The van der Waals surface area contributed by atoms with Crippen molar-refractivity contribution in [3.8, 4) is 0 Å². The molecule has 6 heteroatoms. The van der Waals surface area contributed by atoms with Crippen LogP contribution in [0.25, 0.3) is 0 Å². The number of hydrogen-bond acceptors (Lipinski definition) is 3. The third-order valence-electron chi connectivity index (χ3n) is 3.41. The van der Waals surface area contributed by atoms with Gasteiger partial charge in [0.25, 0.3) is 5.91 Å². The molecule has 6 nitrogen and oxygen atoms in total. The van der Waals surface area contributed by atoms with Crippen molar-refractivity contribution in [3.05, 3.63) is 29.8 Å². The van der Waals surface area contributed by atoms with Crippen molar-refractivity contribution in [1.82, 2.24) is 15.8 Å². The molecule has 0 saturated carbocycles. The number of hydrogen-bond donors (Lipinski definition) is 3. The van der Waals surface area contributed by atoms with E-state index in [2.05, 4.69) is 21.1 Å². The van der Waals surface area contributed by atoms with Crippen LogP contribution in [0.15, 0.2) is 24.3 Å². The molecule has 114 valence electrons. The number of aryl methyl sites for hydroxylation is 1. The number of benzene rings is 1. The minimum Gasteiger partial charge on any atom is -0.307 e. The molecule has 0 bridgehead atoms. The quantitative estimate of drug-likeness (QED) is 0.741. The van der Waals surface area contributed by atoms with Gasteiger partial charge in [0.2, 0.25) is 0 Å². The number of likely N-dealkylation sites (tertiary alicyclic amines) is 1. The van der Waals surface area contributed by atoms with Gasteiger partial charge < -0.3 is 5.32 Å². The second-order valence-electron chi connectivity index (χ2n) is 5.33. The highest BCUT2D eigenvalue weighted by Gasteiger charge is 2.14. The number of nitrogens with zero attached hydrogens (tertiary/aromatic N) is 1. The number of piperidine rings is 1. The number of urea groups is 1. The van der Waals surface area contributed by atoms with Gasteiger partial charge in [-0.25, -0.2) is 10.2 Å². The predicted octanol–water partition coefficient (Wildman–Crippen LogP) is 1.63. The summed E-state index contributed by atoms with van der Waals surface area (Å²) in [5.74, 6) is -0.198. The van der Waals surface area contributed by atoms with Crippen LogP contribution in [0.4, 0.5) is 10.5 Å². The zero-order valence-electron chi connectivity index (χ0n) is 12.3. The highest BCUT2D eigenvalue weighted by atomic mass is 16.2. The summed E-state index contributed by atoms with van der Waals surface area (Å²) >= 11 is 0. The van der Waals surface area contributed by atoms with Gasteiger partial charge in [-0.05, 0) is 50.6 Å². The zero-order valence-corrected chi connectivity index (χ0v) is 12.3. The topological polar surface area (TPSA) is 73.5 Å². The van der Waals surface area contributed by atoms with Crippen LogP contribution in [0.3, 0.4) is 0 Å². The van der Waals surface area contributed by atoms with E-state index in [0.29, 0.717) is 12.2 Å². The third kappa shape index (κ3) is 5.43. The molecule has 3 amide bonds. The summed E-state index contributed by atoms with van der Waals surface area (Å²) in [4.78, 5) is 25.5. The van der Waals surface area contributed by atoms with Crippen LogP contribution >= 0.6 is 0 Å². The fourth-order valence-electron chi connectivity index (χ4n) is 2.37. The summed E-state index contributed by atoms with van der Waals surface area (Å²) < 4.78 is 0. The van der Waals surface area contributed by atoms with Crippen molar-refractivity contribution in [3.63, 3.8) is 0 Å². The smallest absolute Gasteiger partial charge is 0.307 e. The van der Waals surface area contributed by atoms with E-state index < -0.39 is 6.03 Å². The summed E-state index contributed by atoms with van der Waals surface area (Å²) in [7, 11) is 0. The zero-order chi connectivity index (χ0) is 15.1. The lowest BCUT2D eigenvalue weighted by atomic mass is 10.1. The number of rotatable bonds is 3. The number of hydrazine groups is 1. The van der Waals surface area contributed by atoms with Crippen molar-refractivity contribution in [2.45, 2.75) is 26.2 Å². The van der Waals surface area contributed by atoms with Crippen LogP contribution < -0.4 is 16.2 Å². The van der Waals surface area contributed by atoms with Gasteiger partial charge in [-0.2, -0.15) is 0 Å². The highest BCUT2D eigenvalue weighted by Crippen LogP contribution is 2.09. The first-order valence-electron chi connectivity index (χ1n) is 7.28. The Balaban J connectivity index is 1.69. The molecule has 0 unspecified atom stereocenters. The van der Waals surface area contributed by atoms with Crippen LogP contribution in [-0.4, -0.2) is 36.5 Å². The highest BCUT2D eigenvalue weighted by molar-refractivity contribution is 5.91. The van der Waals surface area contributed by atoms with Gasteiger partial charge in [-0.3, -0.25) is 15.1 Å². The maximum Gasteiger partial charge on any atom is 0.337 e. The summed E-state index contributed by atoms with van der Waals surface area (Å²) in [5, 5.41) is 2.66. The minimum atomic E-state index is -0.451. The standard InChI is InChI=1S/C15H22N4O2/c1-12-6-5-7-13(10-12)16-15(21)18-17-14(20)11-19-8-3-2-4-9-19/h5-7,10H,2-4,8-9,11H2,1H3,(H,17,20)(H2,16,18,21). The molecule has 0 aromatic heterocycles. The van der Waals surface area contributed by atoms with Gasteiger partial charge >= 0.3 is 6.03 Å². The molecular weight excluding hydrogens is 268 g/mol. The molecule has 0 aliphatic carbocycles. The average molecular weight is 290 g/mol. The molecule has 1 aromatic rings. The van der Waals surface area contributed by atoms with Crippen molar-refractivity contribution in [1.29, 1.82) is 0 Å². The number of anilines is 1. The monoisotopic (exact) mass is 290 g/mol. The van der Waals surface area contributed by atoms with Crippen LogP contribution in [0.2, 0.25) is 0 Å². The lowest BCUT2D eigenvalue weighted by Gasteiger charge is -2.25. The van der Waals surface area contributed by atoms with Gasteiger partial charge in [0.05, 0.1) is 6.54 Å². The van der Waals surface area contributed by atoms with E-state index in [1.54, 1.807) is 6.07 Å². The van der Waals surface area contributed by atoms with Crippen LogP contribution in [0.5, 0.6) is 0 Å². The molecule has 0 atom stereocenters. The molecule has 2 rings (SSSR count). The van der Waals surface area contributed by atoms with Crippen molar-refractivity contribution < 1.29 is 9.59 Å². The number of carbonyl (C=O) groups is 2. The fraction of sp³-hybridized carbons (Fsp3) is 0.467. The lowest BCUT2D eigenvalue weighted by Crippen LogP contribution is -2.48. The van der Waals surface area contributed by atoms with E-state index in [0.717, 1.165) is 31.5 Å². The van der Waals surface area contributed by atoms with Gasteiger partial charge in [0, 0.05) is 5.69 Å². The number of carbonyl (C=O) groups excluding carboxylic acids is 2. The fourth-order valence-corrected chi connectivity index (χ4v) is 2.37. The van der Waals surface area contributed by atoms with E-state index >= 15 is 0 Å². The maximum absolute atomic E-state index is 11.7. The summed E-state index contributed by atoms with van der Waals surface area (Å²) in [6, 6.07) is 7.01. The average Bonchev–Trinajstić information content (AvgIpc) is 2.46. The first kappa shape index (κ1) is 15.3. The van der Waals surface area contributed by atoms with Crippen molar-refractivity contribution >= 4 is 17.6 Å². The molecule has 1 aromatic carbocycles. The Morgan fingerprint density at radius 2 is 1.90 bits per heavy atom. The Bertz CT molecular complexity index is 498. The molecule has 1 fully saturated rings. The Kier molecular flexibility index (Phi) is 5.57. The Labute approximate surface area is 124 Å². The van der Waals surface area contributed by atoms with Crippen molar-refractivity contribution in [2.75, 3.05) is 25.0 Å². The first-order valence-corrected chi connectivity index (χ1v) is 7.28. The molecule has 0 radical (unpaired) electrons. The molecular formula is C15H22N4O2. The Morgan fingerprint density at radius 3 is 2.62 bits per heavy atom. The molecule has 3 N–H and O–H groups in total. The number of amides is 3. The van der Waals surface area contributed by atoms with Crippen LogP contribution in [-0.2, 0) is 4.79 Å². The molecule has 1 aliphatic rings. The molecule has 1 heterocycles. The maximum atomic E-state index is 11.7. The van der Waals surface area contributed by atoms with E-state index in [4.69, 9.17) is 0 Å². The van der Waals surface area contributed by atoms with E-state index in [9.17, 15) is 9.59 Å². The van der Waals surface area contributed by atoms with Crippen LogP contribution in [0.1, 0.15) is 24.8 Å². The van der Waals surface area contributed by atoms with E-state index in [-0.39, 0.29) is 5.91 Å². The van der Waals surface area contributed by atoms with E-state index in [1.165, 1.54) is 6.42 Å². The Hall–Kier alpha value is -2.08. The second kappa shape index (κ2) is 7.64. The molecule has 0 spiro atoms. The summed E-state index contributed by atoms with van der Waals surface area (Å²) in [6.07, 6.45) is 3.50. The molecule has 21 heavy (non-hydrogen) atoms. The summed E-state index contributed by atoms with van der Waals surface area (Å²) in [6.45, 7) is 4.17. The van der Waals surface area contributed by atoms with E-state index in [1.807, 2.05) is 25.1 Å². The molecule has 1 saturated heterocycles. The predicted molar refractivity (Wildman–Crippen MR) is 81.8 cm³/mol. The van der Waals surface area contributed by atoms with Crippen LogP contribution in [0, 0.1) is 6.92 Å². The normalized spacial score (nSPS) is 15.3. The van der Waals surface area contributed by atoms with Gasteiger partial charge in [0.15, 0.2) is 0 Å². The lowest BCUT2D eigenvalue weighted by molar-refractivity contribution is -0.123. The Morgan fingerprint density at radius 1 is 1.14 bits per heavy atom. The first-order chi connectivity index (χ1) is 10.1. The van der Waals surface area contributed by atoms with Gasteiger partial charge in [-0.1, -0.05) is 18.6 Å². The largest absolute Gasteiger partial charge is 0.337 e. The molecule has 1 aliphatic heterocycles. The minimum absolute atomic E-state index is 0.198.